The van der Waals surface area contributed by atoms with Gasteiger partial charge in [0.1, 0.15) is 0 Å². The van der Waals surface area contributed by atoms with Crippen LogP contribution in [0.15, 0.2) is 48.8 Å². The molecule has 5 heteroatoms. The summed E-state index contributed by atoms with van der Waals surface area (Å²) in [5, 5.41) is 3.20. The Hall–Kier alpha value is -2.53. The lowest BCUT2D eigenvalue weighted by molar-refractivity contribution is -0.121. The number of carbonyl (C=O) groups excluding carboxylic acids is 2. The lowest BCUT2D eigenvalue weighted by Gasteiger charge is -2.16. The second-order valence-electron chi connectivity index (χ2n) is 5.90. The van der Waals surface area contributed by atoms with E-state index in [1.54, 1.807) is 12.4 Å². The Bertz CT molecular complexity index is 713. The molecule has 0 aliphatic carbocycles. The minimum atomic E-state index is -0.440. The van der Waals surface area contributed by atoms with Crippen LogP contribution in [0.4, 0.5) is 5.69 Å². The van der Waals surface area contributed by atoms with Crippen molar-refractivity contribution in [1.82, 2.24) is 10.3 Å². The molecule has 5 nitrogen and oxygen atoms in total. The summed E-state index contributed by atoms with van der Waals surface area (Å²) in [5.41, 5.74) is 2.99. The molecule has 1 N–H and O–H groups in total. The minimum Gasteiger partial charge on any atom is -0.305 e. The number of nitrogens with zero attached hydrogens (tertiary/aromatic N) is 2. The first kappa shape index (κ1) is 16.3. The Labute approximate surface area is 141 Å². The molecule has 1 aliphatic heterocycles. The summed E-state index contributed by atoms with van der Waals surface area (Å²) in [7, 11) is 0. The van der Waals surface area contributed by atoms with Gasteiger partial charge >= 0.3 is 0 Å². The van der Waals surface area contributed by atoms with E-state index in [4.69, 9.17) is 0 Å². The van der Waals surface area contributed by atoms with Gasteiger partial charge in [-0.15, -0.1) is 0 Å². The standard InChI is InChI=1S/C19H21N3O2/c1-2-14-3-5-16(6-4-14)22-18(23)13-17(19(22)24)21-12-9-15-7-10-20-11-8-15/h3-8,10-11,17,21H,2,9,12-13H2,1H3/t17-/m0/s1. The fourth-order valence-electron chi connectivity index (χ4n) is 2.88. The van der Waals surface area contributed by atoms with Gasteiger partial charge in [0, 0.05) is 12.4 Å². The van der Waals surface area contributed by atoms with Gasteiger partial charge in [0.2, 0.25) is 5.91 Å². The fourth-order valence-corrected chi connectivity index (χ4v) is 2.88. The number of aromatic nitrogens is 1. The van der Waals surface area contributed by atoms with E-state index in [2.05, 4.69) is 17.2 Å². The van der Waals surface area contributed by atoms with Gasteiger partial charge in [-0.05, 0) is 54.8 Å². The molecule has 1 aliphatic rings. The van der Waals surface area contributed by atoms with Crippen molar-refractivity contribution in [1.29, 1.82) is 0 Å². The quantitative estimate of drug-likeness (QED) is 0.827. The molecule has 2 aromatic rings. The first-order valence-corrected chi connectivity index (χ1v) is 8.27. The van der Waals surface area contributed by atoms with Crippen molar-refractivity contribution in [3.05, 3.63) is 59.9 Å². The predicted molar refractivity (Wildman–Crippen MR) is 92.7 cm³/mol. The van der Waals surface area contributed by atoms with Gasteiger partial charge in [-0.3, -0.25) is 14.6 Å². The predicted octanol–water partition coefficient (Wildman–Crippen LogP) is 2.11. The number of amides is 2. The fraction of sp³-hybridized carbons (Fsp3) is 0.316. The summed E-state index contributed by atoms with van der Waals surface area (Å²) in [6, 6.07) is 11.1. The lowest BCUT2D eigenvalue weighted by Crippen LogP contribution is -2.39. The molecule has 24 heavy (non-hydrogen) atoms. The number of pyridine rings is 1. The molecule has 1 atom stereocenters. The van der Waals surface area contributed by atoms with Gasteiger partial charge in [-0.2, -0.15) is 0 Å². The maximum Gasteiger partial charge on any atom is 0.251 e. The largest absolute Gasteiger partial charge is 0.305 e. The number of benzene rings is 1. The third-order valence-electron chi connectivity index (χ3n) is 4.30. The highest BCUT2D eigenvalue weighted by Crippen LogP contribution is 2.23. The maximum atomic E-state index is 12.5. The zero-order valence-corrected chi connectivity index (χ0v) is 13.7. The van der Waals surface area contributed by atoms with E-state index >= 15 is 0 Å². The highest BCUT2D eigenvalue weighted by Gasteiger charge is 2.39. The molecule has 1 aromatic carbocycles. The van der Waals surface area contributed by atoms with Gasteiger partial charge in [-0.1, -0.05) is 19.1 Å². The smallest absolute Gasteiger partial charge is 0.251 e. The Balaban J connectivity index is 1.61. The Morgan fingerprint density at radius 2 is 1.79 bits per heavy atom. The zero-order valence-electron chi connectivity index (χ0n) is 13.7. The van der Waals surface area contributed by atoms with Crippen LogP contribution in [0.3, 0.4) is 0 Å². The van der Waals surface area contributed by atoms with Crippen LogP contribution >= 0.6 is 0 Å². The highest BCUT2D eigenvalue weighted by atomic mass is 16.2. The molecule has 3 rings (SSSR count). The Morgan fingerprint density at radius 3 is 2.46 bits per heavy atom. The van der Waals surface area contributed by atoms with Crippen LogP contribution in [-0.4, -0.2) is 29.4 Å². The molecule has 124 valence electrons. The van der Waals surface area contributed by atoms with Crippen molar-refractivity contribution in [2.45, 2.75) is 32.2 Å². The van der Waals surface area contributed by atoms with Crippen LogP contribution in [0, 0.1) is 0 Å². The van der Waals surface area contributed by atoms with E-state index in [0.717, 1.165) is 18.4 Å². The third-order valence-corrected chi connectivity index (χ3v) is 4.30. The van der Waals surface area contributed by atoms with E-state index in [1.165, 1.54) is 10.5 Å². The number of anilines is 1. The van der Waals surface area contributed by atoms with E-state index in [0.29, 0.717) is 12.2 Å². The number of carbonyl (C=O) groups is 2. The Morgan fingerprint density at radius 1 is 1.08 bits per heavy atom. The van der Waals surface area contributed by atoms with Crippen LogP contribution in [-0.2, 0) is 22.4 Å². The van der Waals surface area contributed by atoms with Crippen molar-refractivity contribution in [3.63, 3.8) is 0 Å². The number of imide groups is 1. The molecule has 0 bridgehead atoms. The molecule has 0 unspecified atom stereocenters. The lowest BCUT2D eigenvalue weighted by atomic mass is 10.1. The number of hydrogen-bond acceptors (Lipinski definition) is 4. The molecule has 1 saturated heterocycles. The average Bonchev–Trinajstić information content (AvgIpc) is 2.90. The van der Waals surface area contributed by atoms with E-state index in [-0.39, 0.29) is 18.2 Å². The maximum absolute atomic E-state index is 12.5. The highest BCUT2D eigenvalue weighted by molar-refractivity contribution is 6.22. The molecule has 0 radical (unpaired) electrons. The van der Waals surface area contributed by atoms with Crippen molar-refractivity contribution in [2.75, 3.05) is 11.4 Å². The molecule has 0 spiro atoms. The normalized spacial score (nSPS) is 17.5. The molecule has 1 aromatic heterocycles. The van der Waals surface area contributed by atoms with Gasteiger partial charge in [0.25, 0.3) is 5.91 Å². The number of aryl methyl sites for hydroxylation is 1. The molecule has 0 saturated carbocycles. The Kier molecular flexibility index (Phi) is 5.01. The van der Waals surface area contributed by atoms with Crippen molar-refractivity contribution < 1.29 is 9.59 Å². The van der Waals surface area contributed by atoms with Crippen LogP contribution in [0.2, 0.25) is 0 Å². The van der Waals surface area contributed by atoms with E-state index < -0.39 is 6.04 Å². The van der Waals surface area contributed by atoms with Crippen LogP contribution in [0.1, 0.15) is 24.5 Å². The summed E-state index contributed by atoms with van der Waals surface area (Å²) in [6.07, 6.45) is 5.44. The van der Waals surface area contributed by atoms with Crippen molar-refractivity contribution in [3.8, 4) is 0 Å². The molecular weight excluding hydrogens is 302 g/mol. The first-order valence-electron chi connectivity index (χ1n) is 8.27. The van der Waals surface area contributed by atoms with E-state index in [1.807, 2.05) is 36.4 Å². The SMILES string of the molecule is CCc1ccc(N2C(=O)C[C@H](NCCc3ccncc3)C2=O)cc1. The topological polar surface area (TPSA) is 62.3 Å². The summed E-state index contributed by atoms with van der Waals surface area (Å²) in [6.45, 7) is 2.72. The summed E-state index contributed by atoms with van der Waals surface area (Å²) >= 11 is 0. The van der Waals surface area contributed by atoms with E-state index in [9.17, 15) is 9.59 Å². The molecular formula is C19H21N3O2. The number of hydrogen-bond donors (Lipinski definition) is 1. The molecule has 2 amide bonds. The summed E-state index contributed by atoms with van der Waals surface area (Å²) in [5.74, 6) is -0.315. The third kappa shape index (κ3) is 3.51. The van der Waals surface area contributed by atoms with Crippen molar-refractivity contribution >= 4 is 17.5 Å². The van der Waals surface area contributed by atoms with Crippen molar-refractivity contribution in [2.24, 2.45) is 0 Å². The zero-order chi connectivity index (χ0) is 16.9. The average molecular weight is 323 g/mol. The number of rotatable bonds is 6. The van der Waals surface area contributed by atoms with Crippen LogP contribution < -0.4 is 10.2 Å². The number of nitrogens with one attached hydrogen (secondary N) is 1. The minimum absolute atomic E-state index is 0.148. The summed E-state index contributed by atoms with van der Waals surface area (Å²) < 4.78 is 0. The summed E-state index contributed by atoms with van der Waals surface area (Å²) in [4.78, 5) is 30.1. The molecule has 1 fully saturated rings. The second-order valence-corrected chi connectivity index (χ2v) is 5.90. The first-order chi connectivity index (χ1) is 11.7. The van der Waals surface area contributed by atoms with Crippen LogP contribution in [0.5, 0.6) is 0 Å². The van der Waals surface area contributed by atoms with Crippen LogP contribution in [0.25, 0.3) is 0 Å². The second kappa shape index (κ2) is 7.36. The van der Waals surface area contributed by atoms with Gasteiger partial charge in [-0.25, -0.2) is 4.90 Å². The van der Waals surface area contributed by atoms with Gasteiger partial charge < -0.3 is 5.32 Å². The van der Waals surface area contributed by atoms with Gasteiger partial charge in [0.15, 0.2) is 0 Å². The van der Waals surface area contributed by atoms with Gasteiger partial charge in [0.05, 0.1) is 18.2 Å². The molecule has 2 heterocycles. The monoisotopic (exact) mass is 323 g/mol.